The van der Waals surface area contributed by atoms with E-state index in [-0.39, 0.29) is 12.1 Å². The van der Waals surface area contributed by atoms with Crippen molar-refractivity contribution in [3.8, 4) is 0 Å². The van der Waals surface area contributed by atoms with E-state index in [9.17, 15) is 4.79 Å². The number of halogens is 1. The Morgan fingerprint density at radius 1 is 1.26 bits per heavy atom. The number of urea groups is 1. The molecule has 2 fully saturated rings. The second-order valence-corrected chi connectivity index (χ2v) is 8.57. The highest BCUT2D eigenvalue weighted by Gasteiger charge is 2.25. The molecular weight excluding hydrogens is 414 g/mol. The van der Waals surface area contributed by atoms with E-state index in [0.717, 1.165) is 67.5 Å². The molecule has 4 rings (SSSR count). The summed E-state index contributed by atoms with van der Waals surface area (Å²) < 4.78 is 0. The van der Waals surface area contributed by atoms with Crippen LogP contribution in [0.2, 0.25) is 5.02 Å². The van der Waals surface area contributed by atoms with E-state index in [1.165, 1.54) is 0 Å². The van der Waals surface area contributed by atoms with Gasteiger partial charge in [-0.3, -0.25) is 4.98 Å². The average molecular weight is 444 g/mol. The Morgan fingerprint density at radius 3 is 2.90 bits per heavy atom. The van der Waals surface area contributed by atoms with Crippen LogP contribution in [-0.2, 0) is 4.84 Å². The number of anilines is 1. The van der Waals surface area contributed by atoms with E-state index >= 15 is 0 Å². The molecule has 166 valence electrons. The van der Waals surface area contributed by atoms with Crippen molar-refractivity contribution in [1.82, 2.24) is 15.2 Å². The fourth-order valence-electron chi connectivity index (χ4n) is 4.37. The fraction of sp³-hybridized carbons (Fsp3) is 0.522. The maximum absolute atomic E-state index is 12.9. The molecule has 1 aliphatic carbocycles. The van der Waals surface area contributed by atoms with Gasteiger partial charge < -0.3 is 20.0 Å². The lowest BCUT2D eigenvalue weighted by Gasteiger charge is -2.37. The van der Waals surface area contributed by atoms with Crippen LogP contribution in [0.1, 0.15) is 39.0 Å². The van der Waals surface area contributed by atoms with Crippen LogP contribution in [0.25, 0.3) is 10.9 Å². The van der Waals surface area contributed by atoms with Crippen LogP contribution in [0.4, 0.5) is 10.5 Å². The van der Waals surface area contributed by atoms with Gasteiger partial charge in [-0.2, -0.15) is 0 Å². The van der Waals surface area contributed by atoms with Gasteiger partial charge in [-0.05, 0) is 50.5 Å². The van der Waals surface area contributed by atoms with Gasteiger partial charge >= 0.3 is 6.03 Å². The Kier molecular flexibility index (Phi) is 7.12. The Balaban J connectivity index is 1.35. The third-order valence-corrected chi connectivity index (χ3v) is 6.22. The number of piperazine rings is 1. The first-order chi connectivity index (χ1) is 15.1. The zero-order valence-corrected chi connectivity index (χ0v) is 18.8. The summed E-state index contributed by atoms with van der Waals surface area (Å²) in [6, 6.07) is 7.99. The van der Waals surface area contributed by atoms with Gasteiger partial charge in [-0.15, -0.1) is 0 Å². The lowest BCUT2D eigenvalue weighted by Crippen LogP contribution is -2.53. The molecule has 2 aromatic rings. The Bertz CT molecular complexity index is 943. The van der Waals surface area contributed by atoms with Crippen LogP contribution in [-0.4, -0.2) is 60.5 Å². The van der Waals surface area contributed by atoms with E-state index in [1.807, 2.05) is 42.3 Å². The standard InChI is InChI=1S/C23H30ClN5O2/c1-2-31-27-19-6-4-3-5-18(16-19)26-23(30)29-13-11-28(12-14-29)22-9-10-25-21-15-17(24)7-8-20(21)22/h7-10,15,18H,2-6,11-14,16H2,1H3,(H,26,30)/b27-19+. The van der Waals surface area contributed by atoms with Gasteiger partial charge in [-0.25, -0.2) is 4.79 Å². The maximum atomic E-state index is 12.9. The molecule has 0 radical (unpaired) electrons. The maximum Gasteiger partial charge on any atom is 0.317 e. The summed E-state index contributed by atoms with van der Waals surface area (Å²) >= 11 is 6.12. The van der Waals surface area contributed by atoms with Crippen molar-refractivity contribution in [2.45, 2.75) is 45.1 Å². The zero-order chi connectivity index (χ0) is 21.6. The Morgan fingerprint density at radius 2 is 2.10 bits per heavy atom. The number of nitrogens with zero attached hydrogens (tertiary/aromatic N) is 4. The molecule has 1 saturated heterocycles. The Labute approximate surface area is 188 Å². The van der Waals surface area contributed by atoms with Gasteiger partial charge in [-0.1, -0.05) is 23.2 Å². The SMILES string of the molecule is CCO/N=C1\CCCCC(NC(=O)N2CCN(c3ccnc4cc(Cl)ccc34)CC2)C1. The predicted molar refractivity (Wildman–Crippen MR) is 125 cm³/mol. The number of aromatic nitrogens is 1. The number of carbonyl (C=O) groups excluding carboxylic acids is 1. The van der Waals surface area contributed by atoms with E-state index in [2.05, 4.69) is 20.4 Å². The van der Waals surface area contributed by atoms with Crippen LogP contribution in [0.15, 0.2) is 35.6 Å². The number of carbonyl (C=O) groups is 1. The number of nitrogens with one attached hydrogen (secondary N) is 1. The molecule has 0 bridgehead atoms. The number of benzene rings is 1. The average Bonchev–Trinajstić information content (AvgIpc) is 3.02. The van der Waals surface area contributed by atoms with E-state index in [4.69, 9.17) is 16.4 Å². The number of rotatable bonds is 4. The van der Waals surface area contributed by atoms with E-state index < -0.39 is 0 Å². The number of pyridine rings is 1. The first-order valence-electron chi connectivity index (χ1n) is 11.2. The molecule has 1 unspecified atom stereocenters. The summed E-state index contributed by atoms with van der Waals surface area (Å²) in [5.74, 6) is 0. The minimum atomic E-state index is 0.0219. The predicted octanol–water partition coefficient (Wildman–Crippen LogP) is 4.45. The topological polar surface area (TPSA) is 70.1 Å². The van der Waals surface area contributed by atoms with Crippen molar-refractivity contribution in [1.29, 1.82) is 0 Å². The van der Waals surface area contributed by atoms with Crippen molar-refractivity contribution in [3.63, 3.8) is 0 Å². The normalized spacial score (nSPS) is 21.2. The third-order valence-electron chi connectivity index (χ3n) is 5.99. The quantitative estimate of drug-likeness (QED) is 0.560. The van der Waals surface area contributed by atoms with Gasteiger partial charge in [0.2, 0.25) is 0 Å². The van der Waals surface area contributed by atoms with Crippen LogP contribution < -0.4 is 10.2 Å². The first-order valence-corrected chi connectivity index (χ1v) is 11.5. The van der Waals surface area contributed by atoms with Crippen molar-refractivity contribution in [2.24, 2.45) is 5.16 Å². The number of hydrogen-bond donors (Lipinski definition) is 1. The molecule has 8 heteroatoms. The highest BCUT2D eigenvalue weighted by molar-refractivity contribution is 6.31. The van der Waals surface area contributed by atoms with Crippen molar-refractivity contribution in [3.05, 3.63) is 35.5 Å². The van der Waals surface area contributed by atoms with Crippen LogP contribution in [0.3, 0.4) is 0 Å². The summed E-state index contributed by atoms with van der Waals surface area (Å²) in [5, 5.41) is 9.24. The van der Waals surface area contributed by atoms with E-state index in [1.54, 1.807) is 0 Å². The van der Waals surface area contributed by atoms with E-state index in [0.29, 0.717) is 24.7 Å². The molecular formula is C23H30ClN5O2. The fourth-order valence-corrected chi connectivity index (χ4v) is 4.53. The van der Waals surface area contributed by atoms with Crippen molar-refractivity contribution >= 4 is 39.9 Å². The van der Waals surface area contributed by atoms with Gasteiger partial charge in [0, 0.05) is 60.9 Å². The molecule has 2 aliphatic rings. The van der Waals surface area contributed by atoms with Crippen LogP contribution in [0, 0.1) is 0 Å². The largest absolute Gasteiger partial charge is 0.396 e. The molecule has 31 heavy (non-hydrogen) atoms. The first kappa shape index (κ1) is 21.7. The summed E-state index contributed by atoms with van der Waals surface area (Å²) in [6.07, 6.45) is 6.74. The van der Waals surface area contributed by atoms with Crippen LogP contribution >= 0.6 is 11.6 Å². The third kappa shape index (κ3) is 5.39. The van der Waals surface area contributed by atoms with Gasteiger partial charge in [0.05, 0.1) is 11.2 Å². The summed E-state index contributed by atoms with van der Waals surface area (Å²) in [7, 11) is 0. The molecule has 2 amide bonds. The van der Waals surface area contributed by atoms with Crippen LogP contribution in [0.5, 0.6) is 0 Å². The number of amides is 2. The molecule has 1 aromatic carbocycles. The molecule has 1 aromatic heterocycles. The highest BCUT2D eigenvalue weighted by atomic mass is 35.5. The van der Waals surface area contributed by atoms with Crippen molar-refractivity contribution in [2.75, 3.05) is 37.7 Å². The smallest absolute Gasteiger partial charge is 0.317 e. The summed E-state index contributed by atoms with van der Waals surface area (Å²) in [6.45, 7) is 5.47. The van der Waals surface area contributed by atoms with Gasteiger partial charge in [0.25, 0.3) is 0 Å². The second kappa shape index (κ2) is 10.2. The lowest BCUT2D eigenvalue weighted by atomic mass is 10.1. The number of fused-ring (bicyclic) bond motifs is 1. The summed E-state index contributed by atoms with van der Waals surface area (Å²) in [5.41, 5.74) is 3.09. The minimum Gasteiger partial charge on any atom is -0.396 e. The number of hydrogen-bond acceptors (Lipinski definition) is 5. The minimum absolute atomic E-state index is 0.0219. The molecule has 1 aliphatic heterocycles. The zero-order valence-electron chi connectivity index (χ0n) is 18.0. The molecule has 1 atom stereocenters. The van der Waals surface area contributed by atoms with Crippen molar-refractivity contribution < 1.29 is 9.63 Å². The van der Waals surface area contributed by atoms with Gasteiger partial charge in [0.1, 0.15) is 6.61 Å². The number of oxime groups is 1. The molecule has 7 nitrogen and oxygen atoms in total. The molecule has 1 saturated carbocycles. The molecule has 0 spiro atoms. The highest BCUT2D eigenvalue weighted by Crippen LogP contribution is 2.28. The molecule has 1 N–H and O–H groups in total. The van der Waals surface area contributed by atoms with Gasteiger partial charge in [0.15, 0.2) is 0 Å². The lowest BCUT2D eigenvalue weighted by molar-refractivity contribution is 0.157. The monoisotopic (exact) mass is 443 g/mol. The Hall–Kier alpha value is -2.54. The molecule has 2 heterocycles. The summed E-state index contributed by atoms with van der Waals surface area (Å²) in [4.78, 5) is 26.8. The second-order valence-electron chi connectivity index (χ2n) is 8.14.